The Morgan fingerprint density at radius 2 is 1.66 bits per heavy atom. The summed E-state index contributed by atoms with van der Waals surface area (Å²) in [5.74, 6) is 2.20. The average molecular weight is 518 g/mol. The molecule has 1 saturated heterocycles. The fraction of sp³-hybridized carbons (Fsp3) is 0.517. The Labute approximate surface area is 220 Å². The lowest BCUT2D eigenvalue weighted by molar-refractivity contribution is -0.136. The van der Waals surface area contributed by atoms with Crippen molar-refractivity contribution in [3.05, 3.63) is 53.0 Å². The summed E-state index contributed by atoms with van der Waals surface area (Å²) >= 11 is 0. The normalized spacial score (nSPS) is 31.6. The second-order valence-corrected chi connectivity index (χ2v) is 11.8. The number of carbonyl (C=O) groups is 4. The Balaban J connectivity index is 1.01. The molecule has 9 heteroatoms. The third-order valence-corrected chi connectivity index (χ3v) is 9.19. The minimum absolute atomic E-state index is 0.0751. The van der Waals surface area contributed by atoms with Crippen molar-refractivity contribution < 1.29 is 28.3 Å². The summed E-state index contributed by atoms with van der Waals surface area (Å²) in [7, 11) is 0. The molecule has 4 aliphatic carbocycles. The number of imide groups is 2. The maximum absolute atomic E-state index is 13.2. The van der Waals surface area contributed by atoms with E-state index in [1.807, 2.05) is 12.1 Å². The first-order chi connectivity index (χ1) is 18.4. The van der Waals surface area contributed by atoms with Crippen LogP contribution in [0.15, 0.2) is 34.7 Å². The number of hydrogen-bond acceptors (Lipinski definition) is 7. The Kier molecular flexibility index (Phi) is 5.47. The van der Waals surface area contributed by atoms with Crippen LogP contribution in [0.1, 0.15) is 83.6 Å². The highest BCUT2D eigenvalue weighted by Crippen LogP contribution is 2.55. The number of nitrogens with zero attached hydrogens (tertiary/aromatic N) is 1. The zero-order valence-corrected chi connectivity index (χ0v) is 21.2. The molecule has 6 aliphatic rings. The van der Waals surface area contributed by atoms with Crippen molar-refractivity contribution in [2.45, 2.75) is 76.1 Å². The second kappa shape index (κ2) is 8.80. The van der Waals surface area contributed by atoms with Crippen LogP contribution in [0.25, 0.3) is 0 Å². The molecule has 8 rings (SSSR count). The van der Waals surface area contributed by atoms with E-state index in [2.05, 4.69) is 10.6 Å². The van der Waals surface area contributed by atoms with E-state index in [0.29, 0.717) is 12.3 Å². The van der Waals surface area contributed by atoms with Gasteiger partial charge >= 0.3 is 0 Å². The largest absolute Gasteiger partial charge is 0.485 e. The summed E-state index contributed by atoms with van der Waals surface area (Å²) in [6.07, 6.45) is 8.24. The average Bonchev–Trinajstić information content (AvgIpc) is 3.44. The molecule has 2 N–H and O–H groups in total. The van der Waals surface area contributed by atoms with E-state index >= 15 is 0 Å². The van der Waals surface area contributed by atoms with E-state index < -0.39 is 29.7 Å². The molecule has 4 saturated carbocycles. The molecule has 1 unspecified atom stereocenters. The Bertz CT molecular complexity index is 1310. The lowest BCUT2D eigenvalue weighted by Crippen LogP contribution is -2.58. The topological polar surface area (TPSA) is 118 Å². The molecule has 0 radical (unpaired) electrons. The predicted octanol–water partition coefficient (Wildman–Crippen LogP) is 3.32. The Hall–Kier alpha value is -3.46. The predicted molar refractivity (Wildman–Crippen MR) is 134 cm³/mol. The van der Waals surface area contributed by atoms with Gasteiger partial charge in [-0.25, -0.2) is 0 Å². The van der Waals surface area contributed by atoms with Crippen molar-refractivity contribution in [3.8, 4) is 5.75 Å². The molecule has 4 bridgehead atoms. The van der Waals surface area contributed by atoms with Crippen molar-refractivity contribution in [1.82, 2.24) is 15.5 Å². The maximum Gasteiger partial charge on any atom is 0.266 e. The van der Waals surface area contributed by atoms with Crippen LogP contribution in [0.5, 0.6) is 5.75 Å². The number of nitrogens with one attached hydrogen (secondary N) is 2. The number of carbonyl (C=O) groups excluding carboxylic acids is 4. The summed E-state index contributed by atoms with van der Waals surface area (Å²) < 4.78 is 12.0. The SMILES string of the molecule is O=C1CCC(N2C(=O)c3cccc(OCc4ccc(CNC56CC7CC(CC(C7)C5)C6)o4)c3C2=O)C(=O)N1. The molecule has 0 spiro atoms. The number of ether oxygens (including phenoxy) is 1. The number of furan rings is 1. The molecule has 38 heavy (non-hydrogen) atoms. The van der Waals surface area contributed by atoms with E-state index in [1.165, 1.54) is 38.5 Å². The van der Waals surface area contributed by atoms with Gasteiger partial charge in [-0.1, -0.05) is 6.07 Å². The van der Waals surface area contributed by atoms with Gasteiger partial charge in [0.15, 0.2) is 0 Å². The number of piperidine rings is 1. The number of fused-ring (bicyclic) bond motifs is 1. The molecule has 5 fully saturated rings. The molecule has 3 heterocycles. The third-order valence-electron chi connectivity index (χ3n) is 9.19. The van der Waals surface area contributed by atoms with Gasteiger partial charge in [0.25, 0.3) is 11.8 Å². The second-order valence-electron chi connectivity index (χ2n) is 11.8. The molecule has 198 valence electrons. The van der Waals surface area contributed by atoms with Crippen molar-refractivity contribution in [2.24, 2.45) is 17.8 Å². The van der Waals surface area contributed by atoms with Gasteiger partial charge in [0.2, 0.25) is 11.8 Å². The minimum Gasteiger partial charge on any atom is -0.485 e. The summed E-state index contributed by atoms with van der Waals surface area (Å²) in [6, 6.07) is 7.66. The molecule has 2 aliphatic heterocycles. The van der Waals surface area contributed by atoms with Crippen LogP contribution in [-0.4, -0.2) is 40.1 Å². The first kappa shape index (κ1) is 23.6. The van der Waals surface area contributed by atoms with Crippen molar-refractivity contribution in [2.75, 3.05) is 0 Å². The summed E-state index contributed by atoms with van der Waals surface area (Å²) in [4.78, 5) is 51.1. The van der Waals surface area contributed by atoms with E-state index in [4.69, 9.17) is 9.15 Å². The maximum atomic E-state index is 13.2. The van der Waals surface area contributed by atoms with Crippen LogP contribution in [0, 0.1) is 17.8 Å². The fourth-order valence-corrected chi connectivity index (χ4v) is 7.95. The van der Waals surface area contributed by atoms with Crippen molar-refractivity contribution >= 4 is 23.6 Å². The zero-order valence-electron chi connectivity index (χ0n) is 21.2. The highest BCUT2D eigenvalue weighted by Gasteiger charge is 2.50. The van der Waals surface area contributed by atoms with Gasteiger partial charge in [-0.2, -0.15) is 0 Å². The number of benzene rings is 1. The monoisotopic (exact) mass is 517 g/mol. The van der Waals surface area contributed by atoms with Crippen LogP contribution in [-0.2, 0) is 22.7 Å². The van der Waals surface area contributed by atoms with E-state index in [-0.39, 0.29) is 41.9 Å². The molecular weight excluding hydrogens is 486 g/mol. The van der Waals surface area contributed by atoms with Crippen LogP contribution in [0.4, 0.5) is 0 Å². The van der Waals surface area contributed by atoms with Crippen molar-refractivity contribution in [3.63, 3.8) is 0 Å². The molecule has 2 aromatic rings. The van der Waals surface area contributed by atoms with Gasteiger partial charge in [0, 0.05) is 12.0 Å². The van der Waals surface area contributed by atoms with Crippen LogP contribution < -0.4 is 15.4 Å². The lowest BCUT2D eigenvalue weighted by Gasteiger charge is -2.57. The van der Waals surface area contributed by atoms with E-state index in [9.17, 15) is 19.2 Å². The molecule has 9 nitrogen and oxygen atoms in total. The fourth-order valence-electron chi connectivity index (χ4n) is 7.95. The first-order valence-electron chi connectivity index (χ1n) is 13.7. The van der Waals surface area contributed by atoms with E-state index in [1.54, 1.807) is 18.2 Å². The quantitative estimate of drug-likeness (QED) is 0.541. The molecule has 1 aromatic carbocycles. The minimum atomic E-state index is -1.01. The van der Waals surface area contributed by atoms with Gasteiger partial charge < -0.3 is 14.5 Å². The lowest BCUT2D eigenvalue weighted by atomic mass is 9.53. The van der Waals surface area contributed by atoms with Crippen LogP contribution >= 0.6 is 0 Å². The number of amides is 4. The van der Waals surface area contributed by atoms with Gasteiger partial charge in [-0.15, -0.1) is 0 Å². The summed E-state index contributed by atoms with van der Waals surface area (Å²) in [6.45, 7) is 0.786. The molecular formula is C29H31N3O6. The van der Waals surface area contributed by atoms with Crippen LogP contribution in [0.2, 0.25) is 0 Å². The molecule has 1 aromatic heterocycles. The Morgan fingerprint density at radius 3 is 2.37 bits per heavy atom. The van der Waals surface area contributed by atoms with Gasteiger partial charge in [0.05, 0.1) is 17.7 Å². The molecule has 1 atom stereocenters. The molecule has 4 amide bonds. The first-order valence-corrected chi connectivity index (χ1v) is 13.7. The van der Waals surface area contributed by atoms with Crippen LogP contribution in [0.3, 0.4) is 0 Å². The van der Waals surface area contributed by atoms with Crippen molar-refractivity contribution in [1.29, 1.82) is 0 Å². The number of rotatable bonds is 7. The highest BCUT2D eigenvalue weighted by atomic mass is 16.5. The zero-order chi connectivity index (χ0) is 26.0. The van der Waals surface area contributed by atoms with Gasteiger partial charge in [0.1, 0.15) is 29.9 Å². The smallest absolute Gasteiger partial charge is 0.266 e. The standard InChI is InChI=1S/C29H31N3O6/c33-24-7-6-22(26(34)31-24)32-27(35)21-2-1-3-23(25(21)28(32)36)37-15-20-5-4-19(38-20)14-30-29-11-16-8-17(12-29)10-18(9-16)13-29/h1-5,16-18,22,30H,6-15H2,(H,31,33,34). The van der Waals surface area contributed by atoms with Gasteiger partial charge in [-0.05, 0) is 87.0 Å². The van der Waals surface area contributed by atoms with Gasteiger partial charge in [-0.3, -0.25) is 29.4 Å². The van der Waals surface area contributed by atoms with E-state index in [0.717, 1.165) is 28.4 Å². The third kappa shape index (κ3) is 3.95. The highest BCUT2D eigenvalue weighted by molar-refractivity contribution is 6.24. The Morgan fingerprint density at radius 1 is 0.947 bits per heavy atom. The summed E-state index contributed by atoms with van der Waals surface area (Å²) in [5, 5.41) is 6.05. The summed E-state index contributed by atoms with van der Waals surface area (Å²) in [5.41, 5.74) is 0.582. The number of hydrogen-bond donors (Lipinski definition) is 2.